The summed E-state index contributed by atoms with van der Waals surface area (Å²) in [7, 11) is 0. The molecular weight excluding hydrogens is 244 g/mol. The Morgan fingerprint density at radius 2 is 2.00 bits per heavy atom. The molecule has 0 aromatic carbocycles. The first kappa shape index (κ1) is 16.0. The van der Waals surface area contributed by atoms with E-state index in [0.717, 1.165) is 19.3 Å². The van der Waals surface area contributed by atoms with Crippen LogP contribution >= 0.6 is 0 Å². The van der Waals surface area contributed by atoms with Crippen LogP contribution in [0.15, 0.2) is 0 Å². The molecule has 5 nitrogen and oxygen atoms in total. The van der Waals surface area contributed by atoms with Gasteiger partial charge in [0.05, 0.1) is 0 Å². The number of carboxylic acid groups (broad SMARTS) is 1. The lowest BCUT2D eigenvalue weighted by atomic mass is 9.77. The number of hydrogen-bond donors (Lipinski definition) is 3. The number of nitrogens with two attached hydrogens (primary N) is 1. The van der Waals surface area contributed by atoms with Crippen molar-refractivity contribution in [1.82, 2.24) is 5.32 Å². The number of aliphatic carboxylic acids is 1. The Balaban J connectivity index is 2.50. The van der Waals surface area contributed by atoms with Crippen LogP contribution in [-0.4, -0.2) is 28.6 Å². The normalized spacial score (nSPS) is 28.7. The van der Waals surface area contributed by atoms with Crippen LogP contribution in [0.3, 0.4) is 0 Å². The van der Waals surface area contributed by atoms with E-state index in [1.807, 2.05) is 6.92 Å². The maximum absolute atomic E-state index is 11.9. The fourth-order valence-corrected chi connectivity index (χ4v) is 2.56. The minimum atomic E-state index is -1.04. The van der Waals surface area contributed by atoms with Gasteiger partial charge in [-0.05, 0) is 51.4 Å². The number of carbonyl (C=O) groups is 2. The van der Waals surface area contributed by atoms with Crippen LogP contribution in [0, 0.1) is 5.92 Å². The highest BCUT2D eigenvalue weighted by Crippen LogP contribution is 2.32. The number of hydrogen-bond acceptors (Lipinski definition) is 3. The molecule has 0 spiro atoms. The van der Waals surface area contributed by atoms with E-state index in [4.69, 9.17) is 5.73 Å². The predicted octanol–water partition coefficient (Wildman–Crippen LogP) is 1.65. The standard InChI is InChI=1S/C14H26N2O3/c1-10-6-8-14(9-7-10,13(18)19)16-12(17)5-3-4-11(2)15/h10-11H,3-9,15H2,1-2H3,(H,16,17)(H,18,19). The second-order valence-electron chi connectivity index (χ2n) is 5.99. The van der Waals surface area contributed by atoms with Crippen LogP contribution in [0.1, 0.15) is 58.8 Å². The van der Waals surface area contributed by atoms with Crippen LogP contribution < -0.4 is 11.1 Å². The van der Waals surface area contributed by atoms with E-state index in [0.29, 0.717) is 31.6 Å². The van der Waals surface area contributed by atoms with Gasteiger partial charge in [-0.2, -0.15) is 0 Å². The highest BCUT2D eigenvalue weighted by Gasteiger charge is 2.42. The predicted molar refractivity (Wildman–Crippen MR) is 73.6 cm³/mol. The molecule has 5 heteroatoms. The van der Waals surface area contributed by atoms with Crippen molar-refractivity contribution in [1.29, 1.82) is 0 Å². The van der Waals surface area contributed by atoms with E-state index in [9.17, 15) is 14.7 Å². The fourth-order valence-electron chi connectivity index (χ4n) is 2.56. The summed E-state index contributed by atoms with van der Waals surface area (Å²) in [5, 5.41) is 12.1. The zero-order valence-electron chi connectivity index (χ0n) is 11.9. The topological polar surface area (TPSA) is 92.4 Å². The molecule has 0 heterocycles. The van der Waals surface area contributed by atoms with Crippen LogP contribution in [0.5, 0.6) is 0 Å². The molecule has 0 bridgehead atoms. The van der Waals surface area contributed by atoms with Gasteiger partial charge >= 0.3 is 5.97 Å². The molecule has 4 N–H and O–H groups in total. The molecule has 0 aliphatic heterocycles. The Hall–Kier alpha value is -1.10. The highest BCUT2D eigenvalue weighted by molar-refractivity contribution is 5.87. The number of nitrogens with one attached hydrogen (secondary N) is 1. The Morgan fingerprint density at radius 3 is 2.47 bits per heavy atom. The summed E-state index contributed by atoms with van der Waals surface area (Å²) in [6.07, 6.45) is 4.61. The molecule has 1 aliphatic rings. The minimum Gasteiger partial charge on any atom is -0.480 e. The van der Waals surface area contributed by atoms with Crippen molar-refractivity contribution in [3.8, 4) is 0 Å². The van der Waals surface area contributed by atoms with Gasteiger partial charge in [-0.25, -0.2) is 4.79 Å². The molecule has 0 radical (unpaired) electrons. The Labute approximate surface area is 114 Å². The first-order chi connectivity index (χ1) is 8.85. The van der Waals surface area contributed by atoms with E-state index in [-0.39, 0.29) is 11.9 Å². The molecule has 1 unspecified atom stereocenters. The lowest BCUT2D eigenvalue weighted by molar-refractivity contribution is -0.149. The maximum Gasteiger partial charge on any atom is 0.329 e. The van der Waals surface area contributed by atoms with Gasteiger partial charge < -0.3 is 16.2 Å². The Morgan fingerprint density at radius 1 is 1.42 bits per heavy atom. The number of rotatable bonds is 6. The van der Waals surface area contributed by atoms with Crippen LogP contribution in [0.4, 0.5) is 0 Å². The lowest BCUT2D eigenvalue weighted by Crippen LogP contribution is -2.56. The van der Waals surface area contributed by atoms with Crippen molar-refractivity contribution >= 4 is 11.9 Å². The zero-order valence-corrected chi connectivity index (χ0v) is 11.9. The Bertz CT molecular complexity index is 321. The number of carbonyl (C=O) groups excluding carboxylic acids is 1. The Kier molecular flexibility index (Phi) is 5.79. The molecule has 1 fully saturated rings. The van der Waals surface area contributed by atoms with Gasteiger partial charge in [0.2, 0.25) is 5.91 Å². The van der Waals surface area contributed by atoms with Gasteiger partial charge in [0.1, 0.15) is 5.54 Å². The smallest absolute Gasteiger partial charge is 0.329 e. The van der Waals surface area contributed by atoms with Crippen molar-refractivity contribution in [2.24, 2.45) is 11.7 Å². The van der Waals surface area contributed by atoms with Gasteiger partial charge in [0, 0.05) is 12.5 Å². The summed E-state index contributed by atoms with van der Waals surface area (Å²) in [5.74, 6) is -0.528. The summed E-state index contributed by atoms with van der Waals surface area (Å²) in [6, 6.07) is 0.0803. The average molecular weight is 270 g/mol. The molecule has 1 aliphatic carbocycles. The van der Waals surface area contributed by atoms with Crippen molar-refractivity contribution in [3.63, 3.8) is 0 Å². The lowest BCUT2D eigenvalue weighted by Gasteiger charge is -2.36. The van der Waals surface area contributed by atoms with Crippen LogP contribution in [-0.2, 0) is 9.59 Å². The SMILES string of the molecule is CC(N)CCCC(=O)NC1(C(=O)O)CCC(C)CC1. The summed E-state index contributed by atoms with van der Waals surface area (Å²) >= 11 is 0. The second kappa shape index (κ2) is 6.89. The molecular formula is C14H26N2O3. The first-order valence-electron chi connectivity index (χ1n) is 7.16. The average Bonchev–Trinajstić information content (AvgIpc) is 2.31. The third kappa shape index (κ3) is 4.82. The van der Waals surface area contributed by atoms with E-state index in [1.54, 1.807) is 0 Å². The summed E-state index contributed by atoms with van der Waals surface area (Å²) in [6.45, 7) is 4.02. The molecule has 1 rings (SSSR count). The van der Waals surface area contributed by atoms with Gasteiger partial charge in [-0.15, -0.1) is 0 Å². The minimum absolute atomic E-state index is 0.0803. The highest BCUT2D eigenvalue weighted by atomic mass is 16.4. The van der Waals surface area contributed by atoms with Crippen LogP contribution in [0.2, 0.25) is 0 Å². The van der Waals surface area contributed by atoms with E-state index in [1.165, 1.54) is 0 Å². The van der Waals surface area contributed by atoms with Crippen molar-refractivity contribution < 1.29 is 14.7 Å². The fraction of sp³-hybridized carbons (Fsp3) is 0.857. The molecule has 19 heavy (non-hydrogen) atoms. The number of amides is 1. The molecule has 1 amide bonds. The third-order valence-corrected chi connectivity index (χ3v) is 3.98. The summed E-state index contributed by atoms with van der Waals surface area (Å²) in [5.41, 5.74) is 4.58. The second-order valence-corrected chi connectivity index (χ2v) is 5.99. The van der Waals surface area contributed by atoms with Crippen molar-refractivity contribution in [2.45, 2.75) is 70.4 Å². The summed E-state index contributed by atoms with van der Waals surface area (Å²) < 4.78 is 0. The zero-order chi connectivity index (χ0) is 14.5. The van der Waals surface area contributed by atoms with Gasteiger partial charge in [-0.3, -0.25) is 4.79 Å². The third-order valence-electron chi connectivity index (χ3n) is 3.98. The van der Waals surface area contributed by atoms with E-state index >= 15 is 0 Å². The number of carboxylic acids is 1. The summed E-state index contributed by atoms with van der Waals surface area (Å²) in [4.78, 5) is 23.3. The van der Waals surface area contributed by atoms with Gasteiger partial charge in [-0.1, -0.05) is 6.92 Å². The monoisotopic (exact) mass is 270 g/mol. The molecule has 0 saturated heterocycles. The van der Waals surface area contributed by atoms with Crippen molar-refractivity contribution in [3.05, 3.63) is 0 Å². The van der Waals surface area contributed by atoms with Crippen LogP contribution in [0.25, 0.3) is 0 Å². The molecule has 110 valence electrons. The maximum atomic E-state index is 11.9. The van der Waals surface area contributed by atoms with Gasteiger partial charge in [0.15, 0.2) is 0 Å². The first-order valence-corrected chi connectivity index (χ1v) is 7.16. The van der Waals surface area contributed by atoms with Gasteiger partial charge in [0.25, 0.3) is 0 Å². The molecule has 1 saturated carbocycles. The van der Waals surface area contributed by atoms with Crippen molar-refractivity contribution in [2.75, 3.05) is 0 Å². The molecule has 0 aromatic rings. The molecule has 0 aromatic heterocycles. The van der Waals surface area contributed by atoms with E-state index in [2.05, 4.69) is 12.2 Å². The largest absolute Gasteiger partial charge is 0.480 e. The quantitative estimate of drug-likeness (QED) is 0.684. The molecule has 1 atom stereocenters. The van der Waals surface area contributed by atoms with E-state index < -0.39 is 11.5 Å².